The minimum atomic E-state index is -0.487. The average Bonchev–Trinajstić information content (AvgIpc) is 1.84. The van der Waals surface area contributed by atoms with Gasteiger partial charge in [-0.2, -0.15) is 0 Å². The zero-order chi connectivity index (χ0) is 9.78. The Morgan fingerprint density at radius 2 is 1.75 bits per heavy atom. The number of amides is 1. The van der Waals surface area contributed by atoms with Gasteiger partial charge in [-0.25, -0.2) is 0 Å². The van der Waals surface area contributed by atoms with E-state index in [1.807, 2.05) is 0 Å². The molecule has 0 fully saturated rings. The van der Waals surface area contributed by atoms with Crippen molar-refractivity contribution in [3.05, 3.63) is 0 Å². The third kappa shape index (κ3) is 5.89. The zero-order valence-corrected chi connectivity index (χ0v) is 8.23. The molecule has 0 aliphatic carbocycles. The van der Waals surface area contributed by atoms with Gasteiger partial charge in [0, 0.05) is 13.5 Å². The molecule has 0 bridgehead atoms. The van der Waals surface area contributed by atoms with Gasteiger partial charge in [-0.15, -0.1) is 0 Å². The van der Waals surface area contributed by atoms with Gasteiger partial charge < -0.3 is 5.32 Å². The second kappa shape index (κ2) is 4.24. The van der Waals surface area contributed by atoms with Gasteiger partial charge in [0.05, 0.1) is 0 Å². The van der Waals surface area contributed by atoms with E-state index in [2.05, 4.69) is 26.1 Å². The SMILES string of the molecule is CC(=O)C(=O)NCCC(C)(C)C. The number of ketones is 1. The summed E-state index contributed by atoms with van der Waals surface area (Å²) in [5.74, 6) is -0.914. The molecule has 0 aliphatic rings. The van der Waals surface area contributed by atoms with Crippen molar-refractivity contribution in [2.75, 3.05) is 6.54 Å². The fourth-order valence-corrected chi connectivity index (χ4v) is 0.676. The molecule has 1 amide bonds. The van der Waals surface area contributed by atoms with E-state index >= 15 is 0 Å². The molecule has 3 nitrogen and oxygen atoms in total. The normalized spacial score (nSPS) is 11.0. The lowest BCUT2D eigenvalue weighted by Crippen LogP contribution is -2.31. The largest absolute Gasteiger partial charge is 0.349 e. The van der Waals surface area contributed by atoms with Crippen LogP contribution in [0, 0.1) is 5.41 Å². The summed E-state index contributed by atoms with van der Waals surface area (Å²) in [5.41, 5.74) is 0.198. The smallest absolute Gasteiger partial charge is 0.287 e. The minimum Gasteiger partial charge on any atom is -0.349 e. The van der Waals surface area contributed by atoms with Crippen molar-refractivity contribution in [1.82, 2.24) is 5.32 Å². The van der Waals surface area contributed by atoms with Crippen LogP contribution < -0.4 is 5.32 Å². The quantitative estimate of drug-likeness (QED) is 0.647. The van der Waals surface area contributed by atoms with Crippen LogP contribution in [0.4, 0.5) is 0 Å². The molecule has 0 unspecified atom stereocenters. The summed E-state index contributed by atoms with van der Waals surface area (Å²) >= 11 is 0. The van der Waals surface area contributed by atoms with Crippen LogP contribution in [0.15, 0.2) is 0 Å². The van der Waals surface area contributed by atoms with E-state index in [1.54, 1.807) is 0 Å². The van der Waals surface area contributed by atoms with E-state index in [9.17, 15) is 9.59 Å². The van der Waals surface area contributed by atoms with Crippen molar-refractivity contribution in [2.45, 2.75) is 34.1 Å². The molecule has 0 heterocycles. The highest BCUT2D eigenvalue weighted by molar-refractivity contribution is 6.35. The second-order valence-corrected chi connectivity index (χ2v) is 4.12. The summed E-state index contributed by atoms with van der Waals surface area (Å²) in [6.07, 6.45) is 0.881. The molecule has 0 aromatic heterocycles. The number of nitrogens with one attached hydrogen (secondary N) is 1. The van der Waals surface area contributed by atoms with Crippen LogP contribution in [0.25, 0.3) is 0 Å². The summed E-state index contributed by atoms with van der Waals surface area (Å²) in [6.45, 7) is 8.11. The van der Waals surface area contributed by atoms with Crippen LogP contribution in [-0.4, -0.2) is 18.2 Å². The van der Waals surface area contributed by atoms with Gasteiger partial charge in [0.25, 0.3) is 5.91 Å². The van der Waals surface area contributed by atoms with Crippen molar-refractivity contribution >= 4 is 11.7 Å². The molecule has 0 rings (SSSR count). The van der Waals surface area contributed by atoms with Crippen molar-refractivity contribution in [3.8, 4) is 0 Å². The third-order valence-corrected chi connectivity index (χ3v) is 1.48. The van der Waals surface area contributed by atoms with E-state index in [-0.39, 0.29) is 5.41 Å². The van der Waals surface area contributed by atoms with Gasteiger partial charge >= 0.3 is 0 Å². The number of hydrogen-bond acceptors (Lipinski definition) is 2. The molecule has 0 aromatic rings. The van der Waals surface area contributed by atoms with Gasteiger partial charge in [-0.05, 0) is 11.8 Å². The average molecular weight is 171 g/mol. The monoisotopic (exact) mass is 171 g/mol. The predicted molar refractivity (Wildman–Crippen MR) is 47.8 cm³/mol. The minimum absolute atomic E-state index is 0.198. The number of carbonyl (C=O) groups excluding carboxylic acids is 2. The summed E-state index contributed by atoms with van der Waals surface area (Å²) in [4.78, 5) is 21.3. The molecule has 0 aromatic carbocycles. The Morgan fingerprint density at radius 1 is 1.25 bits per heavy atom. The highest BCUT2D eigenvalue weighted by atomic mass is 16.2. The first-order valence-electron chi connectivity index (χ1n) is 4.12. The van der Waals surface area contributed by atoms with Crippen molar-refractivity contribution in [2.24, 2.45) is 5.41 Å². The zero-order valence-electron chi connectivity index (χ0n) is 8.23. The Morgan fingerprint density at radius 3 is 2.08 bits per heavy atom. The molecular weight excluding hydrogens is 154 g/mol. The highest BCUT2D eigenvalue weighted by Gasteiger charge is 2.11. The Hall–Kier alpha value is -0.860. The van der Waals surface area contributed by atoms with Crippen LogP contribution in [0.3, 0.4) is 0 Å². The van der Waals surface area contributed by atoms with E-state index in [0.29, 0.717) is 6.54 Å². The van der Waals surface area contributed by atoms with Crippen molar-refractivity contribution in [3.63, 3.8) is 0 Å². The lowest BCUT2D eigenvalue weighted by molar-refractivity contribution is -0.136. The molecule has 0 aliphatic heterocycles. The van der Waals surface area contributed by atoms with Crippen LogP contribution in [-0.2, 0) is 9.59 Å². The predicted octanol–water partition coefficient (Wildman–Crippen LogP) is 1.13. The Balaban J connectivity index is 3.58. The molecule has 0 spiro atoms. The Labute approximate surface area is 73.5 Å². The van der Waals surface area contributed by atoms with Gasteiger partial charge in [-0.3, -0.25) is 9.59 Å². The third-order valence-electron chi connectivity index (χ3n) is 1.48. The lowest BCUT2D eigenvalue weighted by Gasteiger charge is -2.17. The first-order valence-corrected chi connectivity index (χ1v) is 4.12. The number of carbonyl (C=O) groups is 2. The Bertz CT molecular complexity index is 179. The van der Waals surface area contributed by atoms with Gasteiger partial charge in [0.15, 0.2) is 0 Å². The summed E-state index contributed by atoms with van der Waals surface area (Å²) in [7, 11) is 0. The van der Waals surface area contributed by atoms with Gasteiger partial charge in [0.2, 0.25) is 5.78 Å². The lowest BCUT2D eigenvalue weighted by atomic mass is 9.92. The molecule has 0 atom stereocenters. The first kappa shape index (κ1) is 11.1. The standard InChI is InChI=1S/C9H17NO2/c1-7(11)8(12)10-6-5-9(2,3)4/h5-6H2,1-4H3,(H,10,12). The molecule has 3 heteroatoms. The maximum atomic E-state index is 10.8. The molecule has 0 saturated carbocycles. The molecular formula is C9H17NO2. The molecule has 0 radical (unpaired) electrons. The fraction of sp³-hybridized carbons (Fsp3) is 0.778. The van der Waals surface area contributed by atoms with E-state index in [0.717, 1.165) is 6.42 Å². The van der Waals surface area contributed by atoms with Gasteiger partial charge in [0.1, 0.15) is 0 Å². The van der Waals surface area contributed by atoms with E-state index in [4.69, 9.17) is 0 Å². The van der Waals surface area contributed by atoms with Crippen molar-refractivity contribution in [1.29, 1.82) is 0 Å². The number of rotatable bonds is 3. The number of Topliss-reactive ketones (excluding diaryl/α,β-unsaturated/α-hetero) is 1. The molecule has 0 saturated heterocycles. The first-order chi connectivity index (χ1) is 5.33. The maximum absolute atomic E-state index is 10.8. The fourth-order valence-electron chi connectivity index (χ4n) is 0.676. The van der Waals surface area contributed by atoms with E-state index < -0.39 is 11.7 Å². The summed E-state index contributed by atoms with van der Waals surface area (Å²) < 4.78 is 0. The molecule has 70 valence electrons. The number of hydrogen-bond donors (Lipinski definition) is 1. The summed E-state index contributed by atoms with van der Waals surface area (Å²) in [5, 5.41) is 2.55. The second-order valence-electron chi connectivity index (χ2n) is 4.12. The van der Waals surface area contributed by atoms with Gasteiger partial charge in [-0.1, -0.05) is 20.8 Å². The topological polar surface area (TPSA) is 46.2 Å². The van der Waals surface area contributed by atoms with E-state index in [1.165, 1.54) is 6.92 Å². The van der Waals surface area contributed by atoms with Crippen molar-refractivity contribution < 1.29 is 9.59 Å². The van der Waals surface area contributed by atoms with Crippen LogP contribution in [0.1, 0.15) is 34.1 Å². The van der Waals surface area contributed by atoms with Crippen LogP contribution in [0.2, 0.25) is 0 Å². The molecule has 12 heavy (non-hydrogen) atoms. The van der Waals surface area contributed by atoms with Crippen LogP contribution in [0.5, 0.6) is 0 Å². The van der Waals surface area contributed by atoms with Crippen LogP contribution >= 0.6 is 0 Å². The molecule has 1 N–H and O–H groups in total. The summed E-state index contributed by atoms with van der Waals surface area (Å²) in [6, 6.07) is 0. The highest BCUT2D eigenvalue weighted by Crippen LogP contribution is 2.16. The Kier molecular flexibility index (Phi) is 3.93. The maximum Gasteiger partial charge on any atom is 0.287 e.